The van der Waals surface area contributed by atoms with Crippen molar-refractivity contribution in [1.82, 2.24) is 9.47 Å². The van der Waals surface area contributed by atoms with Gasteiger partial charge in [-0.1, -0.05) is 61.9 Å². The number of carbonyl (C=O) groups excluding carboxylic acids is 2. The average molecular weight is 504 g/mol. The highest BCUT2D eigenvalue weighted by atomic mass is 16.3. The first kappa shape index (κ1) is 23.8. The summed E-state index contributed by atoms with van der Waals surface area (Å²) in [6.07, 6.45) is 5.36. The molecule has 1 unspecified atom stereocenters. The summed E-state index contributed by atoms with van der Waals surface area (Å²) in [5.74, 6) is 0.385. The van der Waals surface area contributed by atoms with E-state index < -0.39 is 6.04 Å². The Morgan fingerprint density at radius 2 is 1.66 bits per heavy atom. The van der Waals surface area contributed by atoms with E-state index in [0.29, 0.717) is 17.9 Å². The second kappa shape index (κ2) is 10.1. The van der Waals surface area contributed by atoms with Crippen LogP contribution in [0.25, 0.3) is 16.5 Å². The molecular formula is C32H29N3O3. The topological polar surface area (TPSA) is 58.7 Å². The van der Waals surface area contributed by atoms with Crippen molar-refractivity contribution in [3.63, 3.8) is 0 Å². The van der Waals surface area contributed by atoms with Gasteiger partial charge >= 0.3 is 0 Å². The van der Waals surface area contributed by atoms with E-state index in [4.69, 9.17) is 4.42 Å². The normalized spacial score (nSPS) is 14.2. The maximum atomic E-state index is 14.3. The molecule has 0 radical (unpaired) electrons. The highest BCUT2D eigenvalue weighted by molar-refractivity contribution is 6.09. The third-order valence-electron chi connectivity index (χ3n) is 7.22. The first-order chi connectivity index (χ1) is 18.7. The van der Waals surface area contributed by atoms with Crippen LogP contribution in [0.15, 0.2) is 108 Å². The number of anilines is 1. The minimum Gasteiger partial charge on any atom is -0.467 e. The molecule has 38 heavy (non-hydrogen) atoms. The lowest BCUT2D eigenvalue weighted by Gasteiger charge is -2.38. The highest BCUT2D eigenvalue weighted by Crippen LogP contribution is 2.42. The molecule has 1 atom stereocenters. The van der Waals surface area contributed by atoms with Gasteiger partial charge in [0.1, 0.15) is 18.3 Å². The summed E-state index contributed by atoms with van der Waals surface area (Å²) in [6.45, 7) is 2.56. The Hall–Kier alpha value is -4.58. The van der Waals surface area contributed by atoms with Gasteiger partial charge in [0.25, 0.3) is 5.91 Å². The number of fused-ring (bicyclic) bond motifs is 4. The summed E-state index contributed by atoms with van der Waals surface area (Å²) < 4.78 is 7.94. The quantitative estimate of drug-likeness (QED) is 0.251. The maximum absolute atomic E-state index is 14.3. The molecule has 6 heteroatoms. The van der Waals surface area contributed by atoms with E-state index in [1.807, 2.05) is 97.2 Å². The number of benzene rings is 3. The largest absolute Gasteiger partial charge is 0.467 e. The molecule has 6 nitrogen and oxygen atoms in total. The van der Waals surface area contributed by atoms with Crippen LogP contribution < -0.4 is 4.90 Å². The minimum atomic E-state index is -0.442. The molecule has 0 aliphatic carbocycles. The second-order valence-corrected chi connectivity index (χ2v) is 9.58. The molecule has 6 rings (SSSR count). The van der Waals surface area contributed by atoms with Crippen molar-refractivity contribution in [2.24, 2.45) is 0 Å². The lowest BCUT2D eigenvalue weighted by atomic mass is 10.0. The first-order valence-corrected chi connectivity index (χ1v) is 13.1. The fourth-order valence-electron chi connectivity index (χ4n) is 5.40. The molecule has 0 fully saturated rings. The molecule has 3 heterocycles. The van der Waals surface area contributed by atoms with Crippen molar-refractivity contribution < 1.29 is 14.0 Å². The standard InChI is InChI=1S/C32H29N3O3/c1-2-3-19-33(32(37)25-14-8-12-23-11-4-5-13-24(23)25)22-30(36)35-27-16-7-6-15-26(27)34-20-9-17-28(34)31(35)29-18-10-21-38-29/h4-18,20-21,31H,2-3,19,22H2,1H3. The molecule has 0 N–H and O–H groups in total. The smallest absolute Gasteiger partial charge is 0.254 e. The van der Waals surface area contributed by atoms with Crippen molar-refractivity contribution >= 4 is 28.3 Å². The zero-order valence-electron chi connectivity index (χ0n) is 21.3. The predicted molar refractivity (Wildman–Crippen MR) is 149 cm³/mol. The van der Waals surface area contributed by atoms with Gasteiger partial charge in [-0.25, -0.2) is 0 Å². The Kier molecular flexibility index (Phi) is 6.30. The van der Waals surface area contributed by atoms with Crippen LogP contribution in [0, 0.1) is 0 Å². The van der Waals surface area contributed by atoms with Crippen molar-refractivity contribution in [2.45, 2.75) is 25.8 Å². The predicted octanol–water partition coefficient (Wildman–Crippen LogP) is 6.60. The molecule has 0 saturated carbocycles. The number of hydrogen-bond donors (Lipinski definition) is 0. The van der Waals surface area contributed by atoms with E-state index in [9.17, 15) is 9.59 Å². The average Bonchev–Trinajstić information content (AvgIpc) is 3.67. The number of rotatable bonds is 7. The number of hydrogen-bond acceptors (Lipinski definition) is 3. The number of carbonyl (C=O) groups is 2. The van der Waals surface area contributed by atoms with Crippen molar-refractivity contribution in [1.29, 1.82) is 0 Å². The molecular weight excluding hydrogens is 474 g/mol. The molecule has 5 aromatic rings. The molecule has 0 spiro atoms. The van der Waals surface area contributed by atoms with Gasteiger partial charge < -0.3 is 13.9 Å². The second-order valence-electron chi connectivity index (χ2n) is 9.58. The van der Waals surface area contributed by atoms with E-state index >= 15 is 0 Å². The number of aromatic nitrogens is 1. The van der Waals surface area contributed by atoms with Gasteiger partial charge in [-0.2, -0.15) is 0 Å². The molecule has 0 bridgehead atoms. The molecule has 0 saturated heterocycles. The van der Waals surface area contributed by atoms with E-state index in [1.165, 1.54) is 0 Å². The monoisotopic (exact) mass is 503 g/mol. The molecule has 2 amide bonds. The summed E-state index contributed by atoms with van der Waals surface area (Å²) in [5.41, 5.74) is 3.26. The number of nitrogens with zero attached hydrogens (tertiary/aromatic N) is 3. The van der Waals surface area contributed by atoms with Crippen LogP contribution in [0.1, 0.15) is 47.6 Å². The Morgan fingerprint density at radius 1 is 0.868 bits per heavy atom. The van der Waals surface area contributed by atoms with Gasteiger partial charge in [0.2, 0.25) is 5.91 Å². The number of amides is 2. The summed E-state index contributed by atoms with van der Waals surface area (Å²) in [7, 11) is 0. The molecule has 1 aliphatic heterocycles. The van der Waals surface area contributed by atoms with E-state index in [1.54, 1.807) is 16.1 Å². The molecule has 190 valence electrons. The summed E-state index contributed by atoms with van der Waals surface area (Å²) >= 11 is 0. The van der Waals surface area contributed by atoms with Crippen LogP contribution in [0.5, 0.6) is 0 Å². The maximum Gasteiger partial charge on any atom is 0.254 e. The van der Waals surface area contributed by atoms with Gasteiger partial charge in [-0.05, 0) is 59.7 Å². The van der Waals surface area contributed by atoms with Crippen LogP contribution in [0.3, 0.4) is 0 Å². The van der Waals surface area contributed by atoms with Crippen LogP contribution in [-0.4, -0.2) is 34.4 Å². The Morgan fingerprint density at radius 3 is 2.47 bits per heavy atom. The fourth-order valence-corrected chi connectivity index (χ4v) is 5.40. The SMILES string of the molecule is CCCCN(CC(=O)N1c2ccccc2-n2cccc2C1c1ccco1)C(=O)c1cccc2ccccc12. The van der Waals surface area contributed by atoms with E-state index in [0.717, 1.165) is 40.7 Å². The van der Waals surface area contributed by atoms with E-state index in [2.05, 4.69) is 11.5 Å². The number of para-hydroxylation sites is 2. The molecule has 2 aromatic heterocycles. The van der Waals surface area contributed by atoms with Gasteiger partial charge in [0.05, 0.1) is 23.3 Å². The third-order valence-corrected chi connectivity index (χ3v) is 7.22. The lowest BCUT2D eigenvalue weighted by Crippen LogP contribution is -2.47. The van der Waals surface area contributed by atoms with Gasteiger partial charge in [0.15, 0.2) is 0 Å². The molecule has 3 aromatic carbocycles. The zero-order valence-corrected chi connectivity index (χ0v) is 21.3. The van der Waals surface area contributed by atoms with Crippen molar-refractivity contribution in [2.75, 3.05) is 18.0 Å². The number of furan rings is 1. The van der Waals surface area contributed by atoms with E-state index in [-0.39, 0.29) is 18.4 Å². The Balaban J connectivity index is 1.40. The fraction of sp³-hybridized carbons (Fsp3) is 0.188. The lowest BCUT2D eigenvalue weighted by molar-refractivity contribution is -0.119. The van der Waals surface area contributed by atoms with Crippen molar-refractivity contribution in [3.8, 4) is 5.69 Å². The van der Waals surface area contributed by atoms with Crippen molar-refractivity contribution in [3.05, 3.63) is 120 Å². The van der Waals surface area contributed by atoms with Crippen LogP contribution in [0.4, 0.5) is 5.69 Å². The van der Waals surface area contributed by atoms with Crippen LogP contribution >= 0.6 is 0 Å². The number of unbranched alkanes of at least 4 members (excludes halogenated alkanes) is 1. The van der Waals surface area contributed by atoms with Gasteiger partial charge in [-0.3, -0.25) is 14.5 Å². The van der Waals surface area contributed by atoms with Crippen LogP contribution in [0.2, 0.25) is 0 Å². The Bertz CT molecular complexity index is 1600. The summed E-state index contributed by atoms with van der Waals surface area (Å²) in [4.78, 5) is 31.7. The third kappa shape index (κ3) is 4.08. The summed E-state index contributed by atoms with van der Waals surface area (Å²) in [6, 6.07) is 28.8. The molecule has 1 aliphatic rings. The van der Waals surface area contributed by atoms with Gasteiger partial charge in [-0.15, -0.1) is 0 Å². The summed E-state index contributed by atoms with van der Waals surface area (Å²) in [5, 5.41) is 1.90. The van der Waals surface area contributed by atoms with Crippen LogP contribution in [-0.2, 0) is 4.79 Å². The first-order valence-electron chi connectivity index (χ1n) is 13.1. The minimum absolute atomic E-state index is 0.0334. The van der Waals surface area contributed by atoms with Gasteiger partial charge in [0, 0.05) is 18.3 Å². The Labute approximate surface area is 221 Å². The zero-order chi connectivity index (χ0) is 26.1. The highest BCUT2D eigenvalue weighted by Gasteiger charge is 2.38.